The summed E-state index contributed by atoms with van der Waals surface area (Å²) in [5.74, 6) is -4.51. The monoisotopic (exact) mass is 250 g/mol. The first-order chi connectivity index (χ1) is 7.42. The molecule has 1 aromatic carbocycles. The van der Waals surface area contributed by atoms with Crippen LogP contribution in [-0.2, 0) is 15.5 Å². The fraction of sp³-hybridized carbons (Fsp3) is 0.300. The van der Waals surface area contributed by atoms with Crippen LogP contribution in [0, 0.1) is 0 Å². The first kappa shape index (κ1) is 12.9. The zero-order chi connectivity index (χ0) is 12.2. The molecule has 3 nitrogen and oxygen atoms in total. The Morgan fingerprint density at radius 2 is 1.94 bits per heavy atom. The van der Waals surface area contributed by atoms with Crippen molar-refractivity contribution < 1.29 is 23.4 Å². The molecule has 1 rings (SSSR count). The summed E-state index contributed by atoms with van der Waals surface area (Å²) in [6, 6.07) is 5.02. The standard InChI is InChI=1S/C10H9ClF2O3/c11-8-3-1-7(2-4-8)10(12,13)6-16-5-9(14)15/h1-4H,5-6H2,(H,14,15). The lowest BCUT2D eigenvalue weighted by Gasteiger charge is -2.16. The summed E-state index contributed by atoms with van der Waals surface area (Å²) in [4.78, 5) is 10.1. The maximum absolute atomic E-state index is 13.4. The van der Waals surface area contributed by atoms with Gasteiger partial charge in [0.15, 0.2) is 0 Å². The predicted octanol–water partition coefficient (Wildman–Crippen LogP) is 2.53. The van der Waals surface area contributed by atoms with Gasteiger partial charge in [0.25, 0.3) is 5.92 Å². The van der Waals surface area contributed by atoms with Gasteiger partial charge in [0.2, 0.25) is 0 Å². The molecule has 0 aliphatic rings. The molecule has 0 aliphatic carbocycles. The Bertz CT molecular complexity index is 365. The molecule has 1 N–H and O–H groups in total. The lowest BCUT2D eigenvalue weighted by molar-refractivity contribution is -0.147. The van der Waals surface area contributed by atoms with Gasteiger partial charge in [-0.2, -0.15) is 8.78 Å². The van der Waals surface area contributed by atoms with Crippen LogP contribution in [0.25, 0.3) is 0 Å². The topological polar surface area (TPSA) is 46.5 Å². The Balaban J connectivity index is 2.62. The molecule has 0 amide bonds. The summed E-state index contributed by atoms with van der Waals surface area (Å²) >= 11 is 5.55. The minimum absolute atomic E-state index is 0.262. The van der Waals surface area contributed by atoms with E-state index in [0.717, 1.165) is 0 Å². The fourth-order valence-corrected chi connectivity index (χ4v) is 1.17. The molecule has 16 heavy (non-hydrogen) atoms. The molecule has 88 valence electrons. The van der Waals surface area contributed by atoms with E-state index in [1.807, 2.05) is 0 Å². The molecule has 0 radical (unpaired) electrons. The number of alkyl halides is 2. The van der Waals surface area contributed by atoms with Crippen molar-refractivity contribution in [3.63, 3.8) is 0 Å². The van der Waals surface area contributed by atoms with Gasteiger partial charge < -0.3 is 9.84 Å². The van der Waals surface area contributed by atoms with Crippen molar-refractivity contribution in [1.82, 2.24) is 0 Å². The molecule has 0 saturated heterocycles. The summed E-state index contributed by atoms with van der Waals surface area (Å²) < 4.78 is 31.1. The summed E-state index contributed by atoms with van der Waals surface area (Å²) in [5.41, 5.74) is -0.262. The van der Waals surface area contributed by atoms with Crippen molar-refractivity contribution in [3.8, 4) is 0 Å². The third-order valence-electron chi connectivity index (χ3n) is 1.78. The van der Waals surface area contributed by atoms with Gasteiger partial charge >= 0.3 is 5.97 Å². The quantitative estimate of drug-likeness (QED) is 0.874. The second kappa shape index (κ2) is 5.23. The zero-order valence-corrected chi connectivity index (χ0v) is 8.88. The summed E-state index contributed by atoms with van der Waals surface area (Å²) in [5, 5.41) is 8.58. The van der Waals surface area contributed by atoms with E-state index in [2.05, 4.69) is 4.74 Å². The largest absolute Gasteiger partial charge is 0.480 e. The number of benzene rings is 1. The van der Waals surface area contributed by atoms with E-state index in [9.17, 15) is 13.6 Å². The number of hydrogen-bond donors (Lipinski definition) is 1. The Morgan fingerprint density at radius 3 is 2.44 bits per heavy atom. The van der Waals surface area contributed by atoms with E-state index in [0.29, 0.717) is 5.02 Å². The molecule has 0 fully saturated rings. The summed E-state index contributed by atoms with van der Waals surface area (Å²) in [6.07, 6.45) is 0. The Labute approximate surface area is 95.6 Å². The zero-order valence-electron chi connectivity index (χ0n) is 8.12. The molecule has 0 atom stereocenters. The van der Waals surface area contributed by atoms with Crippen molar-refractivity contribution in [2.24, 2.45) is 0 Å². The highest BCUT2D eigenvalue weighted by Crippen LogP contribution is 2.28. The minimum atomic E-state index is -3.22. The third-order valence-corrected chi connectivity index (χ3v) is 2.03. The van der Waals surface area contributed by atoms with Gasteiger partial charge in [-0.15, -0.1) is 0 Å². The average Bonchev–Trinajstić information content (AvgIpc) is 2.17. The molecule has 0 saturated carbocycles. The van der Waals surface area contributed by atoms with E-state index < -0.39 is 25.1 Å². The number of rotatable bonds is 5. The third kappa shape index (κ3) is 3.75. The molecule has 0 spiro atoms. The second-order valence-electron chi connectivity index (χ2n) is 3.10. The Hall–Kier alpha value is -1.20. The number of carboxylic acid groups (broad SMARTS) is 1. The van der Waals surface area contributed by atoms with Crippen LogP contribution in [-0.4, -0.2) is 24.3 Å². The summed E-state index contributed by atoms with van der Waals surface area (Å²) in [7, 11) is 0. The van der Waals surface area contributed by atoms with Gasteiger partial charge in [0.05, 0.1) is 0 Å². The van der Waals surface area contributed by atoms with Gasteiger partial charge in [-0.1, -0.05) is 23.7 Å². The average molecular weight is 251 g/mol. The van der Waals surface area contributed by atoms with Gasteiger partial charge in [-0.3, -0.25) is 0 Å². The SMILES string of the molecule is O=C(O)COCC(F)(F)c1ccc(Cl)cc1. The van der Waals surface area contributed by atoms with E-state index in [1.165, 1.54) is 24.3 Å². The van der Waals surface area contributed by atoms with E-state index in [4.69, 9.17) is 16.7 Å². The van der Waals surface area contributed by atoms with Crippen molar-refractivity contribution in [2.75, 3.05) is 13.2 Å². The number of halogens is 3. The maximum Gasteiger partial charge on any atom is 0.329 e. The van der Waals surface area contributed by atoms with Crippen molar-refractivity contribution in [2.45, 2.75) is 5.92 Å². The Morgan fingerprint density at radius 1 is 1.38 bits per heavy atom. The van der Waals surface area contributed by atoms with Gasteiger partial charge in [-0.25, -0.2) is 4.79 Å². The maximum atomic E-state index is 13.4. The van der Waals surface area contributed by atoms with Crippen LogP contribution in [0.5, 0.6) is 0 Å². The number of carbonyl (C=O) groups is 1. The first-order valence-corrected chi connectivity index (χ1v) is 4.73. The van der Waals surface area contributed by atoms with Crippen LogP contribution in [0.1, 0.15) is 5.56 Å². The molecular formula is C10H9ClF2O3. The summed E-state index contributed by atoms with van der Waals surface area (Å²) in [6.45, 7) is -1.72. The van der Waals surface area contributed by atoms with Gasteiger partial charge in [-0.05, 0) is 12.1 Å². The van der Waals surface area contributed by atoms with Crippen molar-refractivity contribution in [1.29, 1.82) is 0 Å². The lowest BCUT2D eigenvalue weighted by atomic mass is 10.1. The van der Waals surface area contributed by atoms with Crippen LogP contribution in [0.2, 0.25) is 5.02 Å². The van der Waals surface area contributed by atoms with Crippen LogP contribution in [0.3, 0.4) is 0 Å². The molecule has 0 bridgehead atoms. The first-order valence-electron chi connectivity index (χ1n) is 4.35. The molecule has 1 aromatic rings. The van der Waals surface area contributed by atoms with Crippen molar-refractivity contribution >= 4 is 17.6 Å². The smallest absolute Gasteiger partial charge is 0.329 e. The Kier molecular flexibility index (Phi) is 4.20. The normalized spacial score (nSPS) is 11.4. The highest BCUT2D eigenvalue weighted by atomic mass is 35.5. The molecule has 0 unspecified atom stereocenters. The highest BCUT2D eigenvalue weighted by Gasteiger charge is 2.31. The van der Waals surface area contributed by atoms with Gasteiger partial charge in [0.1, 0.15) is 13.2 Å². The van der Waals surface area contributed by atoms with Gasteiger partial charge in [0, 0.05) is 10.6 Å². The number of aliphatic carboxylic acids is 1. The molecule has 0 aromatic heterocycles. The second-order valence-corrected chi connectivity index (χ2v) is 3.53. The van der Waals surface area contributed by atoms with Crippen LogP contribution >= 0.6 is 11.6 Å². The van der Waals surface area contributed by atoms with Crippen LogP contribution < -0.4 is 0 Å². The number of hydrogen-bond acceptors (Lipinski definition) is 2. The van der Waals surface area contributed by atoms with Crippen LogP contribution in [0.4, 0.5) is 8.78 Å². The molecule has 0 aliphatic heterocycles. The lowest BCUT2D eigenvalue weighted by Crippen LogP contribution is -2.23. The highest BCUT2D eigenvalue weighted by molar-refractivity contribution is 6.30. The number of ether oxygens (including phenoxy) is 1. The van der Waals surface area contributed by atoms with Crippen LogP contribution in [0.15, 0.2) is 24.3 Å². The predicted molar refractivity (Wildman–Crippen MR) is 53.8 cm³/mol. The minimum Gasteiger partial charge on any atom is -0.480 e. The molecule has 6 heteroatoms. The molecule has 0 heterocycles. The molecular weight excluding hydrogens is 242 g/mol. The van der Waals surface area contributed by atoms with E-state index in [-0.39, 0.29) is 5.56 Å². The van der Waals surface area contributed by atoms with E-state index in [1.54, 1.807) is 0 Å². The van der Waals surface area contributed by atoms with E-state index >= 15 is 0 Å². The van der Waals surface area contributed by atoms with Crippen molar-refractivity contribution in [3.05, 3.63) is 34.9 Å². The number of carboxylic acids is 1. The fourth-order valence-electron chi connectivity index (χ4n) is 1.04.